The number of fused-ring (bicyclic) bond motifs is 2. The fourth-order valence-electron chi connectivity index (χ4n) is 4.64. The maximum Gasteiger partial charge on any atom is 0.253 e. The van der Waals surface area contributed by atoms with E-state index in [1.807, 2.05) is 65.7 Å². The van der Waals surface area contributed by atoms with E-state index in [4.69, 9.17) is 0 Å². The van der Waals surface area contributed by atoms with Crippen molar-refractivity contribution in [2.75, 3.05) is 13.1 Å². The lowest BCUT2D eigenvalue weighted by Crippen LogP contribution is -2.43. The van der Waals surface area contributed by atoms with Gasteiger partial charge in [0, 0.05) is 47.3 Å². The van der Waals surface area contributed by atoms with E-state index in [-0.39, 0.29) is 11.8 Å². The number of pyridine rings is 1. The van der Waals surface area contributed by atoms with E-state index >= 15 is 0 Å². The van der Waals surface area contributed by atoms with Crippen LogP contribution >= 0.6 is 0 Å². The van der Waals surface area contributed by atoms with Crippen molar-refractivity contribution in [3.8, 4) is 0 Å². The zero-order valence-electron chi connectivity index (χ0n) is 21.3. The van der Waals surface area contributed by atoms with Gasteiger partial charge in [-0.15, -0.1) is 0 Å². The molecule has 0 fully saturated rings. The molecule has 0 aliphatic carbocycles. The quantitative estimate of drug-likeness (QED) is 0.229. The number of hydrogen-bond donors (Lipinski definition) is 2. The highest BCUT2D eigenvalue weighted by Gasteiger charge is 2.30. The lowest BCUT2D eigenvalue weighted by atomic mass is 10.0. The molecule has 2 amide bonds. The Morgan fingerprint density at radius 1 is 0.944 bits per heavy atom. The second kappa shape index (κ2) is 12.3. The summed E-state index contributed by atoms with van der Waals surface area (Å²) in [7, 11) is 0. The van der Waals surface area contributed by atoms with E-state index in [9.17, 15) is 9.59 Å². The first-order valence-electron chi connectivity index (χ1n) is 13.1. The van der Waals surface area contributed by atoms with Gasteiger partial charge in [-0.25, -0.2) is 0 Å². The zero-order chi connectivity index (χ0) is 25.3. The third-order valence-corrected chi connectivity index (χ3v) is 6.68. The number of aromatic amines is 1. The van der Waals surface area contributed by atoms with Crippen molar-refractivity contribution < 1.29 is 9.59 Å². The van der Waals surface area contributed by atoms with E-state index in [0.717, 1.165) is 65.9 Å². The molecule has 188 valence electrons. The molecular formula is C30H36N4O2. The Kier molecular flexibility index (Phi) is 8.71. The number of amides is 2. The van der Waals surface area contributed by atoms with Gasteiger partial charge in [0.05, 0.1) is 11.1 Å². The molecular weight excluding hydrogens is 448 g/mol. The molecule has 0 spiro atoms. The molecule has 0 bridgehead atoms. The standard InChI is InChI=1S/C30H36N4O2/c1-3-5-11-17-34(18-12-6-4-2)30(36)28(25-21-32-27-16-10-8-14-24(25)27)33-29(35)23-19-22-13-7-9-15-26(22)31-20-23/h7-10,13-16,19-21,28,32H,3-6,11-12,17-18H2,1-2H3,(H,33,35). The molecule has 2 heterocycles. The summed E-state index contributed by atoms with van der Waals surface area (Å²) in [5.74, 6) is -0.368. The number of H-pyrrole nitrogens is 1. The molecule has 36 heavy (non-hydrogen) atoms. The number of nitrogens with one attached hydrogen (secondary N) is 2. The van der Waals surface area contributed by atoms with Crippen molar-refractivity contribution in [3.05, 3.63) is 78.1 Å². The average molecular weight is 485 g/mol. The Morgan fingerprint density at radius 2 is 1.64 bits per heavy atom. The van der Waals surface area contributed by atoms with Crippen molar-refractivity contribution in [1.29, 1.82) is 0 Å². The third-order valence-electron chi connectivity index (χ3n) is 6.68. The molecule has 6 heteroatoms. The number of hydrogen-bond acceptors (Lipinski definition) is 3. The van der Waals surface area contributed by atoms with E-state index in [2.05, 4.69) is 29.1 Å². The van der Waals surface area contributed by atoms with Crippen molar-refractivity contribution >= 4 is 33.6 Å². The van der Waals surface area contributed by atoms with E-state index < -0.39 is 6.04 Å². The SMILES string of the molecule is CCCCCN(CCCCC)C(=O)C(NC(=O)c1cnc2ccccc2c1)c1c[nH]c2ccccc12. The van der Waals surface area contributed by atoms with Crippen molar-refractivity contribution in [2.24, 2.45) is 0 Å². The molecule has 1 atom stereocenters. The van der Waals surface area contributed by atoms with Gasteiger partial charge in [0.1, 0.15) is 6.04 Å². The molecule has 6 nitrogen and oxygen atoms in total. The first-order chi connectivity index (χ1) is 17.6. The molecule has 4 aromatic rings. The lowest BCUT2D eigenvalue weighted by Gasteiger charge is -2.28. The molecule has 0 aliphatic heterocycles. The largest absolute Gasteiger partial charge is 0.361 e. The summed E-state index contributed by atoms with van der Waals surface area (Å²) in [4.78, 5) is 37.1. The summed E-state index contributed by atoms with van der Waals surface area (Å²) in [6.45, 7) is 5.72. The smallest absolute Gasteiger partial charge is 0.253 e. The van der Waals surface area contributed by atoms with Gasteiger partial charge in [-0.3, -0.25) is 14.6 Å². The molecule has 1 unspecified atom stereocenters. The van der Waals surface area contributed by atoms with Gasteiger partial charge < -0.3 is 15.2 Å². The lowest BCUT2D eigenvalue weighted by molar-refractivity contribution is -0.133. The van der Waals surface area contributed by atoms with Gasteiger partial charge >= 0.3 is 0 Å². The number of nitrogens with zero attached hydrogens (tertiary/aromatic N) is 2. The van der Waals surface area contributed by atoms with Crippen LogP contribution in [0.4, 0.5) is 0 Å². The van der Waals surface area contributed by atoms with Crippen LogP contribution in [0.5, 0.6) is 0 Å². The van der Waals surface area contributed by atoms with Crippen molar-refractivity contribution in [2.45, 2.75) is 58.4 Å². The molecule has 4 rings (SSSR count). The summed E-state index contributed by atoms with van der Waals surface area (Å²) in [6, 6.07) is 16.6. The highest BCUT2D eigenvalue weighted by atomic mass is 16.2. The normalized spacial score (nSPS) is 12.1. The fraction of sp³-hybridized carbons (Fsp3) is 0.367. The average Bonchev–Trinajstić information content (AvgIpc) is 3.34. The predicted octanol–water partition coefficient (Wildman–Crippen LogP) is 6.40. The second-order valence-electron chi connectivity index (χ2n) is 9.35. The molecule has 0 radical (unpaired) electrons. The van der Waals surface area contributed by atoms with Crippen LogP contribution in [0.1, 0.15) is 74.3 Å². The predicted molar refractivity (Wildman–Crippen MR) is 146 cm³/mol. The molecule has 2 aromatic heterocycles. The van der Waals surface area contributed by atoms with Crippen LogP contribution in [0.15, 0.2) is 67.0 Å². The Labute approximate surface area is 213 Å². The number of aromatic nitrogens is 2. The third kappa shape index (κ3) is 5.93. The number of carbonyl (C=O) groups is 2. The minimum absolute atomic E-state index is 0.0611. The molecule has 2 N–H and O–H groups in total. The van der Waals surface area contributed by atoms with Gasteiger partial charge in [0.15, 0.2) is 0 Å². The molecule has 0 saturated heterocycles. The summed E-state index contributed by atoms with van der Waals surface area (Å²) >= 11 is 0. The van der Waals surface area contributed by atoms with E-state index in [1.54, 1.807) is 6.20 Å². The van der Waals surface area contributed by atoms with E-state index in [1.165, 1.54) is 0 Å². The highest BCUT2D eigenvalue weighted by molar-refractivity contribution is 6.01. The van der Waals surface area contributed by atoms with Crippen LogP contribution in [-0.2, 0) is 4.79 Å². The molecule has 2 aromatic carbocycles. The molecule has 0 aliphatic rings. The fourth-order valence-corrected chi connectivity index (χ4v) is 4.64. The summed E-state index contributed by atoms with van der Waals surface area (Å²) < 4.78 is 0. The number of unbranched alkanes of at least 4 members (excludes halogenated alkanes) is 4. The van der Waals surface area contributed by atoms with Gasteiger partial charge in [0.2, 0.25) is 5.91 Å². The minimum Gasteiger partial charge on any atom is -0.361 e. The Bertz CT molecular complexity index is 1300. The topological polar surface area (TPSA) is 78.1 Å². The summed E-state index contributed by atoms with van der Waals surface area (Å²) in [5.41, 5.74) is 3.00. The number of benzene rings is 2. The monoisotopic (exact) mass is 484 g/mol. The van der Waals surface area contributed by atoms with Crippen LogP contribution in [0.25, 0.3) is 21.8 Å². The summed E-state index contributed by atoms with van der Waals surface area (Å²) in [5, 5.41) is 4.89. The van der Waals surface area contributed by atoms with Gasteiger partial charge in [-0.2, -0.15) is 0 Å². The van der Waals surface area contributed by atoms with Crippen LogP contribution in [-0.4, -0.2) is 39.8 Å². The maximum atomic E-state index is 14.0. The highest BCUT2D eigenvalue weighted by Crippen LogP contribution is 2.27. The van der Waals surface area contributed by atoms with E-state index in [0.29, 0.717) is 18.7 Å². The maximum absolute atomic E-state index is 14.0. The van der Waals surface area contributed by atoms with Crippen LogP contribution in [0, 0.1) is 0 Å². The first kappa shape index (κ1) is 25.4. The number of para-hydroxylation sites is 2. The van der Waals surface area contributed by atoms with Gasteiger partial charge in [-0.1, -0.05) is 75.9 Å². The van der Waals surface area contributed by atoms with Crippen LogP contribution < -0.4 is 5.32 Å². The van der Waals surface area contributed by atoms with Crippen molar-refractivity contribution in [1.82, 2.24) is 20.2 Å². The number of rotatable bonds is 12. The first-order valence-corrected chi connectivity index (χ1v) is 13.1. The minimum atomic E-state index is -0.789. The van der Waals surface area contributed by atoms with Crippen LogP contribution in [0.2, 0.25) is 0 Å². The zero-order valence-corrected chi connectivity index (χ0v) is 21.3. The van der Waals surface area contributed by atoms with Gasteiger partial charge in [-0.05, 0) is 31.0 Å². The second-order valence-corrected chi connectivity index (χ2v) is 9.35. The Morgan fingerprint density at radius 3 is 2.39 bits per heavy atom. The number of carbonyl (C=O) groups excluding carboxylic acids is 2. The Hall–Kier alpha value is -3.67. The Balaban J connectivity index is 1.66. The van der Waals surface area contributed by atoms with Gasteiger partial charge in [0.25, 0.3) is 5.91 Å². The van der Waals surface area contributed by atoms with Crippen LogP contribution in [0.3, 0.4) is 0 Å². The summed E-state index contributed by atoms with van der Waals surface area (Å²) in [6.07, 6.45) is 9.67. The van der Waals surface area contributed by atoms with Crippen molar-refractivity contribution in [3.63, 3.8) is 0 Å². The molecule has 0 saturated carbocycles.